The zero-order chi connectivity index (χ0) is 74.3. The van der Waals surface area contributed by atoms with Crippen LogP contribution in [0.4, 0.5) is 27.6 Å². The highest BCUT2D eigenvalue weighted by Crippen LogP contribution is 2.50. The number of H-pyrrole nitrogens is 2. The lowest BCUT2D eigenvalue weighted by molar-refractivity contribution is 0.127. The van der Waals surface area contributed by atoms with Crippen LogP contribution in [0, 0.1) is 53.0 Å². The van der Waals surface area contributed by atoms with Crippen molar-refractivity contribution in [2.75, 3.05) is 19.8 Å². The first-order chi connectivity index (χ1) is 52.1. The Balaban J connectivity index is 0.000000142. The van der Waals surface area contributed by atoms with Gasteiger partial charge in [-0.25, -0.2) is 27.6 Å². The minimum absolute atomic E-state index is 0.0394. The molecule has 0 bridgehead atoms. The number of allylic oxidation sites excluding steroid dienone is 3. The quantitative estimate of drug-likeness (QED) is 0.0600. The summed E-state index contributed by atoms with van der Waals surface area (Å²) in [7, 11) is 0. The van der Waals surface area contributed by atoms with Gasteiger partial charge in [-0.3, -0.25) is 24.5 Å². The predicted molar refractivity (Wildman–Crippen MR) is 406 cm³/mol. The average molecular weight is 1450 g/mol. The van der Waals surface area contributed by atoms with Crippen molar-refractivity contribution in [2.45, 2.75) is 134 Å². The Kier molecular flexibility index (Phi) is 24.2. The minimum atomic E-state index is -0.376. The predicted octanol–water partition coefficient (Wildman–Crippen LogP) is 16.5. The highest BCUT2D eigenvalue weighted by atomic mass is 19.1. The summed E-state index contributed by atoms with van der Waals surface area (Å²) in [6, 6.07) is 39.0. The molecule has 107 heavy (non-hydrogen) atoms. The van der Waals surface area contributed by atoms with Gasteiger partial charge >= 0.3 is 18.3 Å². The van der Waals surface area contributed by atoms with Crippen molar-refractivity contribution in [2.24, 2.45) is 35.5 Å². The zero-order valence-corrected chi connectivity index (χ0v) is 60.2. The van der Waals surface area contributed by atoms with Crippen molar-refractivity contribution in [3.8, 4) is 33.4 Å². The number of aromatic nitrogens is 7. The van der Waals surface area contributed by atoms with E-state index in [9.17, 15) is 37.1 Å². The standard InChI is InChI=1S/2C29H30FN3O3.C28H29FN4O2/c1-2-36-29(35)33-23-9-10-24-20(15-23)16-27-26(12-13-31-28(27)34)25(24)11-8-22-7-6-19(17-32-22)18-4-3-5-21(30)14-18;1-2-36-29(35)32-23-9-10-24-20(15-23)16-27-26(12-13-28(34)33-27)25(24)11-8-22-7-6-19(17-31-22)18-4-3-5-21(30)14-18;1-2-35-28(34)32-24-9-10-25-21(16-24)14-19-12-13-31-33-27(19)26(25)11-8-23-7-6-20(17-30-23)18-4-3-5-22(29)15-18/h3-8,11-14,17,20,23-25H,2,9-10,15-16H2,1H3,(H,31,34)(H,33,35);3-8,11-14,17,20,23-25H,2,9-10,15-16H2,1H3,(H,32,35)(H,33,34);3-8,11-13,15,17,21,24-26H,2,9-10,14,16H2,1H3,(H,32,34)/b3*11-8+/t2*20-,23+,24+,25-;21-,24-,25-,26+/m001/s1. The molecule has 15 rings (SSSR count). The summed E-state index contributed by atoms with van der Waals surface area (Å²) in [6.07, 6.45) is 31.0. The molecule has 18 nitrogen and oxygen atoms in total. The fraction of sp³-hybridized carbons (Fsp3) is 0.349. The van der Waals surface area contributed by atoms with E-state index in [1.165, 1.54) is 42.0 Å². The van der Waals surface area contributed by atoms with Gasteiger partial charge in [-0.2, -0.15) is 10.2 Å². The molecule has 552 valence electrons. The van der Waals surface area contributed by atoms with Crippen LogP contribution in [0.25, 0.3) is 51.6 Å². The maximum Gasteiger partial charge on any atom is 0.407 e. The third kappa shape index (κ3) is 18.6. The lowest BCUT2D eigenvalue weighted by atomic mass is 9.62. The van der Waals surface area contributed by atoms with Crippen molar-refractivity contribution < 1.29 is 41.8 Å². The molecule has 0 aliphatic heterocycles. The first kappa shape index (κ1) is 74.2. The molecule has 0 radical (unpaired) electrons. The topological polar surface area (TPSA) is 245 Å². The molecule has 0 unspecified atom stereocenters. The summed E-state index contributed by atoms with van der Waals surface area (Å²) in [5.41, 5.74) is 13.6. The van der Waals surface area contributed by atoms with Gasteiger partial charge in [0.1, 0.15) is 17.5 Å². The van der Waals surface area contributed by atoms with Crippen LogP contribution in [-0.4, -0.2) is 91.3 Å². The van der Waals surface area contributed by atoms with Gasteiger partial charge in [0.05, 0.1) is 42.6 Å². The fourth-order valence-corrected chi connectivity index (χ4v) is 17.1. The van der Waals surface area contributed by atoms with Gasteiger partial charge in [0.15, 0.2) is 0 Å². The molecule has 5 N–H and O–H groups in total. The number of halogens is 3. The average Bonchev–Trinajstić information content (AvgIpc) is 0.775. The first-order valence-electron chi connectivity index (χ1n) is 37.4. The maximum absolute atomic E-state index is 13.6. The number of ether oxygens (including phenoxy) is 3. The van der Waals surface area contributed by atoms with Gasteiger partial charge < -0.3 is 40.1 Å². The number of aromatic amines is 2. The zero-order valence-electron chi connectivity index (χ0n) is 60.2. The lowest BCUT2D eigenvalue weighted by Gasteiger charge is -2.43. The Labute approximate surface area is 620 Å². The van der Waals surface area contributed by atoms with Gasteiger partial charge in [0, 0.05) is 101 Å². The highest BCUT2D eigenvalue weighted by Gasteiger charge is 2.44. The summed E-state index contributed by atoms with van der Waals surface area (Å²) in [5.74, 6) is 1.88. The lowest BCUT2D eigenvalue weighted by Crippen LogP contribution is -2.45. The molecular formula is C86H89F3N10O8. The number of hydrogen-bond donors (Lipinski definition) is 5. The molecule has 3 saturated carbocycles. The van der Waals surface area contributed by atoms with Gasteiger partial charge in [0.2, 0.25) is 5.56 Å². The Morgan fingerprint density at radius 1 is 0.486 bits per heavy atom. The molecule has 6 heterocycles. The number of nitrogens with one attached hydrogen (secondary N) is 5. The summed E-state index contributed by atoms with van der Waals surface area (Å²) in [5, 5.41) is 17.7. The number of nitrogens with zero attached hydrogens (tertiary/aromatic N) is 5. The van der Waals surface area contributed by atoms with E-state index in [0.717, 1.165) is 149 Å². The van der Waals surface area contributed by atoms with Crippen LogP contribution >= 0.6 is 0 Å². The number of hydrogen-bond acceptors (Lipinski definition) is 13. The van der Waals surface area contributed by atoms with Crippen molar-refractivity contribution in [3.05, 3.63) is 272 Å². The maximum atomic E-state index is 13.6. The molecule has 21 heteroatoms. The van der Waals surface area contributed by atoms with E-state index in [1.54, 1.807) is 69.1 Å². The molecule has 6 aliphatic carbocycles. The second kappa shape index (κ2) is 34.9. The third-order valence-electron chi connectivity index (χ3n) is 22.0. The van der Waals surface area contributed by atoms with E-state index in [0.29, 0.717) is 61.7 Å². The summed E-state index contributed by atoms with van der Waals surface area (Å²) < 4.78 is 55.9. The SMILES string of the molecule is CCOC(=O)N[C@@H]1CC[C@@H]2[C@H](Cc3[nH]c(=O)ccc3[C@H]2/C=C/c2ccc(-c3cccc(F)c3)cn2)C1.CCOC(=O)N[C@@H]1CC[C@@H]2[C@H](Cc3c(cc[nH]c3=O)[C@H]2/C=C/c2ccc(-c3cccc(F)c3)cn2)C1.CCOC(=O)N[C@@H]1CC[C@@H]2[C@H](Cc3ccnnc3[C@H]2/C=C/c2ccc(-c3cccc(F)c3)cn2)C1. The second-order valence-electron chi connectivity index (χ2n) is 28.5. The first-order valence-corrected chi connectivity index (χ1v) is 37.4. The molecule has 3 fully saturated rings. The van der Waals surface area contributed by atoms with Crippen molar-refractivity contribution in [1.82, 2.24) is 51.1 Å². The number of alkyl carbamates (subject to hydrolysis) is 3. The number of amides is 3. The summed E-state index contributed by atoms with van der Waals surface area (Å²) in [4.78, 5) is 80.2. The Hall–Kier alpha value is -11.1. The molecular weight excluding hydrogens is 1360 g/mol. The van der Waals surface area contributed by atoms with Crippen molar-refractivity contribution in [3.63, 3.8) is 0 Å². The second-order valence-corrected chi connectivity index (χ2v) is 28.5. The van der Waals surface area contributed by atoms with Crippen molar-refractivity contribution >= 4 is 36.5 Å². The van der Waals surface area contributed by atoms with E-state index in [-0.39, 0.29) is 82.7 Å². The molecule has 12 atom stereocenters. The molecule has 9 aromatic rings. The molecule has 0 saturated heterocycles. The van der Waals surface area contributed by atoms with Crippen LogP contribution in [-0.2, 0) is 33.5 Å². The van der Waals surface area contributed by atoms with E-state index in [2.05, 4.69) is 75.4 Å². The number of rotatable bonds is 15. The van der Waals surface area contributed by atoms with E-state index < -0.39 is 0 Å². The highest BCUT2D eigenvalue weighted by molar-refractivity contribution is 5.70. The third-order valence-corrected chi connectivity index (χ3v) is 22.0. The van der Waals surface area contributed by atoms with Crippen LogP contribution in [0.15, 0.2) is 192 Å². The van der Waals surface area contributed by atoms with Crippen LogP contribution in [0.3, 0.4) is 0 Å². The van der Waals surface area contributed by atoms with E-state index >= 15 is 0 Å². The summed E-state index contributed by atoms with van der Waals surface area (Å²) in [6.45, 7) is 6.48. The van der Waals surface area contributed by atoms with Crippen LogP contribution in [0.5, 0.6) is 0 Å². The van der Waals surface area contributed by atoms with Crippen LogP contribution < -0.4 is 27.1 Å². The summed E-state index contributed by atoms with van der Waals surface area (Å²) >= 11 is 0. The van der Waals surface area contributed by atoms with Crippen molar-refractivity contribution in [1.29, 1.82) is 0 Å². The number of carbonyl (C=O) groups is 3. The molecule has 0 spiro atoms. The van der Waals surface area contributed by atoms with Crippen LogP contribution in [0.1, 0.15) is 147 Å². The van der Waals surface area contributed by atoms with E-state index in [4.69, 9.17) is 14.2 Å². The number of carbonyl (C=O) groups excluding carboxylic acids is 3. The van der Waals surface area contributed by atoms with Gasteiger partial charge in [-0.1, -0.05) is 78.9 Å². The molecule has 3 amide bonds. The van der Waals surface area contributed by atoms with E-state index in [1.807, 2.05) is 91.9 Å². The number of benzene rings is 3. The fourth-order valence-electron chi connectivity index (χ4n) is 17.1. The van der Waals surface area contributed by atoms with Gasteiger partial charge in [0.25, 0.3) is 5.56 Å². The largest absolute Gasteiger partial charge is 0.450 e. The molecule has 6 aliphatic rings. The number of fused-ring (bicyclic) bond motifs is 6. The Morgan fingerprint density at radius 3 is 1.37 bits per heavy atom. The molecule has 6 aromatic heterocycles. The molecule has 3 aromatic carbocycles. The van der Waals surface area contributed by atoms with Gasteiger partial charge in [-0.15, -0.1) is 0 Å². The minimum Gasteiger partial charge on any atom is -0.450 e. The normalized spacial score (nSPS) is 23.2. The Bertz CT molecular complexity index is 4800. The number of pyridine rings is 5. The van der Waals surface area contributed by atoms with Gasteiger partial charge in [-0.05, 0) is 252 Å². The monoisotopic (exact) mass is 1450 g/mol. The smallest absolute Gasteiger partial charge is 0.407 e. The Morgan fingerprint density at radius 2 is 0.925 bits per heavy atom. The van der Waals surface area contributed by atoms with Crippen LogP contribution in [0.2, 0.25) is 0 Å².